The van der Waals surface area contributed by atoms with Gasteiger partial charge >= 0.3 is 0 Å². The minimum atomic E-state index is -0.672. The van der Waals surface area contributed by atoms with Crippen molar-refractivity contribution in [2.24, 2.45) is 7.05 Å². The maximum absolute atomic E-state index is 12.6. The molecular formula is C18H32N4O2. The highest BCUT2D eigenvalue weighted by Crippen LogP contribution is 2.24. The number of aromatic nitrogens is 2. The van der Waals surface area contributed by atoms with Crippen LogP contribution in [0.4, 0.5) is 0 Å². The second-order valence-electron chi connectivity index (χ2n) is 7.47. The molecule has 2 rings (SSSR count). The zero-order valence-electron chi connectivity index (χ0n) is 15.8. The Morgan fingerprint density at radius 3 is 2.58 bits per heavy atom. The van der Waals surface area contributed by atoms with E-state index >= 15 is 0 Å². The summed E-state index contributed by atoms with van der Waals surface area (Å²) in [7, 11) is 5.89. The molecule has 1 aromatic rings. The lowest BCUT2D eigenvalue weighted by atomic mass is 9.94. The smallest absolute Gasteiger partial charge is 0.222 e. The second-order valence-corrected chi connectivity index (χ2v) is 7.47. The van der Waals surface area contributed by atoms with Crippen LogP contribution in [0, 0.1) is 13.8 Å². The number of nitrogens with zero attached hydrogens (tertiary/aromatic N) is 4. The van der Waals surface area contributed by atoms with Crippen molar-refractivity contribution < 1.29 is 9.90 Å². The van der Waals surface area contributed by atoms with Gasteiger partial charge in [0.05, 0.1) is 11.3 Å². The van der Waals surface area contributed by atoms with E-state index in [1.807, 2.05) is 49.5 Å². The third-order valence-corrected chi connectivity index (χ3v) is 5.13. The highest BCUT2D eigenvalue weighted by Gasteiger charge is 2.31. The Morgan fingerprint density at radius 1 is 1.29 bits per heavy atom. The highest BCUT2D eigenvalue weighted by atomic mass is 16.3. The third kappa shape index (κ3) is 4.57. The van der Waals surface area contributed by atoms with Crippen LogP contribution in [-0.4, -0.2) is 69.9 Å². The van der Waals surface area contributed by atoms with E-state index in [0.717, 1.165) is 37.2 Å². The van der Waals surface area contributed by atoms with Crippen LogP contribution >= 0.6 is 0 Å². The lowest BCUT2D eigenvalue weighted by Gasteiger charge is -2.30. The van der Waals surface area contributed by atoms with Crippen LogP contribution in [0.2, 0.25) is 0 Å². The molecule has 136 valence electrons. The monoisotopic (exact) mass is 336 g/mol. The molecule has 0 bridgehead atoms. The molecule has 0 spiro atoms. The SMILES string of the molecule is Cc1nn(C)c(C)c1CCC(=O)N1CCCC(O)(CN(C)C)CC1. The van der Waals surface area contributed by atoms with Gasteiger partial charge in [0.2, 0.25) is 5.91 Å². The number of likely N-dealkylation sites (N-methyl/N-ethyl adjacent to an activating group) is 1. The zero-order chi connectivity index (χ0) is 17.9. The lowest BCUT2D eigenvalue weighted by molar-refractivity contribution is -0.131. The van der Waals surface area contributed by atoms with Crippen LogP contribution < -0.4 is 0 Å². The fourth-order valence-corrected chi connectivity index (χ4v) is 3.74. The predicted octanol–water partition coefficient (Wildman–Crippen LogP) is 1.27. The van der Waals surface area contributed by atoms with Crippen LogP contribution in [0.3, 0.4) is 0 Å². The molecule has 1 saturated heterocycles. The molecule has 2 heterocycles. The first-order valence-electron chi connectivity index (χ1n) is 8.86. The number of carbonyl (C=O) groups is 1. The summed E-state index contributed by atoms with van der Waals surface area (Å²) in [6, 6.07) is 0. The van der Waals surface area contributed by atoms with Gasteiger partial charge in [-0.05, 0) is 59.2 Å². The largest absolute Gasteiger partial charge is 0.388 e. The molecule has 1 fully saturated rings. The number of aryl methyl sites for hydroxylation is 2. The van der Waals surface area contributed by atoms with Crippen molar-refractivity contribution in [3.63, 3.8) is 0 Å². The molecule has 0 saturated carbocycles. The Bertz CT molecular complexity index is 582. The van der Waals surface area contributed by atoms with E-state index in [1.165, 1.54) is 5.56 Å². The molecule has 24 heavy (non-hydrogen) atoms. The summed E-state index contributed by atoms with van der Waals surface area (Å²) in [5, 5.41) is 15.1. The molecule has 0 radical (unpaired) electrons. The average Bonchev–Trinajstić information content (AvgIpc) is 2.64. The van der Waals surface area contributed by atoms with Gasteiger partial charge in [-0.1, -0.05) is 0 Å². The Balaban J connectivity index is 1.91. The topological polar surface area (TPSA) is 61.6 Å². The lowest BCUT2D eigenvalue weighted by Crippen LogP contribution is -2.41. The average molecular weight is 336 g/mol. The number of amides is 1. The van der Waals surface area contributed by atoms with Gasteiger partial charge in [0, 0.05) is 38.8 Å². The fraction of sp³-hybridized carbons (Fsp3) is 0.778. The van der Waals surface area contributed by atoms with E-state index in [1.54, 1.807) is 0 Å². The van der Waals surface area contributed by atoms with Gasteiger partial charge in [0.1, 0.15) is 0 Å². The van der Waals surface area contributed by atoms with Gasteiger partial charge in [-0.2, -0.15) is 5.10 Å². The van der Waals surface area contributed by atoms with Gasteiger partial charge < -0.3 is 14.9 Å². The van der Waals surface area contributed by atoms with Crippen LogP contribution in [0.5, 0.6) is 0 Å². The fourth-order valence-electron chi connectivity index (χ4n) is 3.74. The standard InChI is InChI=1S/C18H32N4O2/c1-14-16(15(2)21(5)19-14)7-8-17(23)22-11-6-9-18(24,10-12-22)13-20(3)4/h24H,6-13H2,1-5H3. The Labute approximate surface area is 145 Å². The van der Waals surface area contributed by atoms with E-state index in [-0.39, 0.29) is 5.91 Å². The van der Waals surface area contributed by atoms with Crippen molar-refractivity contribution in [2.45, 2.75) is 51.6 Å². The summed E-state index contributed by atoms with van der Waals surface area (Å²) in [5.41, 5.74) is 2.66. The molecule has 1 aromatic heterocycles. The number of hydrogen-bond acceptors (Lipinski definition) is 4. The summed E-state index contributed by atoms with van der Waals surface area (Å²) in [6.07, 6.45) is 3.53. The molecule has 1 aliphatic heterocycles. The minimum absolute atomic E-state index is 0.187. The maximum atomic E-state index is 12.6. The summed E-state index contributed by atoms with van der Waals surface area (Å²) in [5.74, 6) is 0.187. The first-order valence-corrected chi connectivity index (χ1v) is 8.86. The van der Waals surface area contributed by atoms with E-state index < -0.39 is 5.60 Å². The number of aliphatic hydroxyl groups is 1. The van der Waals surface area contributed by atoms with E-state index in [4.69, 9.17) is 0 Å². The van der Waals surface area contributed by atoms with Crippen molar-refractivity contribution in [1.82, 2.24) is 19.6 Å². The van der Waals surface area contributed by atoms with E-state index in [0.29, 0.717) is 25.9 Å². The molecule has 6 nitrogen and oxygen atoms in total. The summed E-state index contributed by atoms with van der Waals surface area (Å²) < 4.78 is 1.88. The van der Waals surface area contributed by atoms with Gasteiger partial charge in [-0.15, -0.1) is 0 Å². The van der Waals surface area contributed by atoms with Crippen LogP contribution in [0.15, 0.2) is 0 Å². The number of carbonyl (C=O) groups excluding carboxylic acids is 1. The molecule has 1 amide bonds. The van der Waals surface area contributed by atoms with Crippen molar-refractivity contribution in [1.29, 1.82) is 0 Å². The quantitative estimate of drug-likeness (QED) is 0.880. The Kier molecular flexibility index (Phi) is 6.04. The van der Waals surface area contributed by atoms with Gasteiger partial charge in [0.25, 0.3) is 0 Å². The molecule has 1 aliphatic rings. The summed E-state index contributed by atoms with van der Waals surface area (Å²) >= 11 is 0. The molecular weight excluding hydrogens is 304 g/mol. The zero-order valence-corrected chi connectivity index (χ0v) is 15.8. The number of likely N-dealkylation sites (tertiary alicyclic amines) is 1. The molecule has 0 aromatic carbocycles. The first kappa shape index (κ1) is 18.9. The predicted molar refractivity (Wildman–Crippen MR) is 94.9 cm³/mol. The van der Waals surface area contributed by atoms with Gasteiger partial charge in [-0.3, -0.25) is 9.48 Å². The van der Waals surface area contributed by atoms with Crippen molar-refractivity contribution in [3.8, 4) is 0 Å². The van der Waals surface area contributed by atoms with Crippen LogP contribution in [-0.2, 0) is 18.3 Å². The normalized spacial score (nSPS) is 22.0. The third-order valence-electron chi connectivity index (χ3n) is 5.13. The van der Waals surface area contributed by atoms with Crippen molar-refractivity contribution in [2.75, 3.05) is 33.7 Å². The highest BCUT2D eigenvalue weighted by molar-refractivity contribution is 5.76. The van der Waals surface area contributed by atoms with Crippen LogP contribution in [0.1, 0.15) is 42.6 Å². The van der Waals surface area contributed by atoms with Gasteiger partial charge in [-0.25, -0.2) is 0 Å². The van der Waals surface area contributed by atoms with Gasteiger partial charge in [0.15, 0.2) is 0 Å². The van der Waals surface area contributed by atoms with Crippen LogP contribution in [0.25, 0.3) is 0 Å². The molecule has 1 N–H and O–H groups in total. The number of rotatable bonds is 5. The van der Waals surface area contributed by atoms with E-state index in [2.05, 4.69) is 5.10 Å². The summed E-state index contributed by atoms with van der Waals surface area (Å²) in [6.45, 7) is 6.10. The molecule has 6 heteroatoms. The first-order chi connectivity index (χ1) is 11.2. The summed E-state index contributed by atoms with van der Waals surface area (Å²) in [4.78, 5) is 16.5. The molecule has 0 aliphatic carbocycles. The van der Waals surface area contributed by atoms with Crippen molar-refractivity contribution in [3.05, 3.63) is 17.0 Å². The maximum Gasteiger partial charge on any atom is 0.222 e. The second kappa shape index (κ2) is 7.66. The molecule has 1 unspecified atom stereocenters. The molecule has 1 atom stereocenters. The Morgan fingerprint density at radius 2 is 2.00 bits per heavy atom. The Hall–Kier alpha value is -1.40. The van der Waals surface area contributed by atoms with Crippen molar-refractivity contribution >= 4 is 5.91 Å². The minimum Gasteiger partial charge on any atom is -0.388 e. The number of hydrogen-bond donors (Lipinski definition) is 1. The van der Waals surface area contributed by atoms with E-state index in [9.17, 15) is 9.90 Å².